The van der Waals surface area contributed by atoms with Crippen LogP contribution in [0, 0.1) is 0 Å². The molecular weight excluding hydrogens is 392 g/mol. The first-order chi connectivity index (χ1) is 15.0. The van der Waals surface area contributed by atoms with Gasteiger partial charge in [0, 0.05) is 26.1 Å². The first-order valence-electron chi connectivity index (χ1n) is 11.7. The molecule has 2 aliphatic heterocycles. The molecule has 2 fully saturated rings. The number of rotatable bonds is 9. The number of carbonyl (C=O) groups excluding carboxylic acids is 3. The number of hydrogen-bond acceptors (Lipinski definition) is 4. The molecule has 1 atom stereocenters. The number of nitrogens with zero attached hydrogens (tertiary/aromatic N) is 2. The fraction of sp³-hybridized carbons (Fsp3) is 0.625. The summed E-state index contributed by atoms with van der Waals surface area (Å²) in [6.45, 7) is 4.20. The van der Waals surface area contributed by atoms with E-state index in [2.05, 4.69) is 5.32 Å². The van der Waals surface area contributed by atoms with Crippen LogP contribution in [0.1, 0.15) is 57.4 Å². The predicted octanol–water partition coefficient (Wildman–Crippen LogP) is 1.85. The van der Waals surface area contributed by atoms with E-state index in [9.17, 15) is 14.4 Å². The van der Waals surface area contributed by atoms with Crippen molar-refractivity contribution in [2.24, 2.45) is 5.73 Å². The van der Waals surface area contributed by atoms with E-state index in [1.165, 1.54) is 0 Å². The highest BCUT2D eigenvalue weighted by Gasteiger charge is 2.53. The first kappa shape index (κ1) is 23.3. The second-order valence-corrected chi connectivity index (χ2v) is 8.70. The Morgan fingerprint density at radius 2 is 1.87 bits per heavy atom. The minimum atomic E-state index is -0.826. The number of hydrogen-bond donors (Lipinski definition) is 2. The molecule has 7 heteroatoms. The maximum atomic E-state index is 13.2. The van der Waals surface area contributed by atoms with Crippen molar-refractivity contribution in [2.75, 3.05) is 26.2 Å². The maximum absolute atomic E-state index is 13.2. The number of likely N-dealkylation sites (tertiary alicyclic amines) is 1. The fourth-order valence-corrected chi connectivity index (χ4v) is 4.79. The summed E-state index contributed by atoms with van der Waals surface area (Å²) in [6.07, 6.45) is 5.27. The third-order valence-corrected chi connectivity index (χ3v) is 6.62. The van der Waals surface area contributed by atoms with Crippen LogP contribution in [0.4, 0.5) is 0 Å². The van der Waals surface area contributed by atoms with E-state index < -0.39 is 11.6 Å². The average Bonchev–Trinajstić information content (AvgIpc) is 2.80. The van der Waals surface area contributed by atoms with E-state index in [1.54, 1.807) is 0 Å². The van der Waals surface area contributed by atoms with E-state index in [4.69, 9.17) is 5.73 Å². The van der Waals surface area contributed by atoms with Gasteiger partial charge in [0.25, 0.3) is 0 Å². The van der Waals surface area contributed by atoms with Gasteiger partial charge in [0.05, 0.1) is 0 Å². The van der Waals surface area contributed by atoms with Crippen LogP contribution in [0.5, 0.6) is 0 Å². The number of nitrogens with one attached hydrogen (secondary N) is 1. The van der Waals surface area contributed by atoms with Gasteiger partial charge in [0.15, 0.2) is 0 Å². The Balaban J connectivity index is 1.61. The van der Waals surface area contributed by atoms with E-state index in [1.807, 2.05) is 47.1 Å². The number of piperazine rings is 1. The Morgan fingerprint density at radius 1 is 1.16 bits per heavy atom. The van der Waals surface area contributed by atoms with Gasteiger partial charge in [0.1, 0.15) is 11.6 Å². The molecule has 170 valence electrons. The molecule has 0 aromatic heterocycles. The van der Waals surface area contributed by atoms with Crippen molar-refractivity contribution in [3.05, 3.63) is 35.9 Å². The van der Waals surface area contributed by atoms with E-state index in [0.717, 1.165) is 24.8 Å². The second kappa shape index (κ2) is 10.8. The third-order valence-electron chi connectivity index (χ3n) is 6.62. The van der Waals surface area contributed by atoms with Gasteiger partial charge in [-0.3, -0.25) is 14.4 Å². The van der Waals surface area contributed by atoms with Crippen LogP contribution in [-0.2, 0) is 20.8 Å². The van der Waals surface area contributed by atoms with E-state index in [0.29, 0.717) is 58.3 Å². The van der Waals surface area contributed by atoms with Crippen LogP contribution in [0.3, 0.4) is 0 Å². The fourth-order valence-electron chi connectivity index (χ4n) is 4.79. The molecule has 3 amide bonds. The van der Waals surface area contributed by atoms with Gasteiger partial charge in [-0.15, -0.1) is 0 Å². The van der Waals surface area contributed by atoms with Crippen LogP contribution < -0.4 is 11.1 Å². The summed E-state index contributed by atoms with van der Waals surface area (Å²) in [4.78, 5) is 42.8. The standard InChI is InChI=1S/C24H36N4O3/c1-2-16-28-22(30)20(10-6-7-15-25)26-23(31)24(28)13-17-27(18-14-24)21(29)12-11-19-8-4-3-5-9-19/h3-5,8-9,20H,2,6-7,10-18,25H2,1H3,(H,26,31)/t20-/m0/s1. The number of benzene rings is 1. The smallest absolute Gasteiger partial charge is 0.246 e. The van der Waals surface area contributed by atoms with Crippen molar-refractivity contribution in [1.29, 1.82) is 0 Å². The van der Waals surface area contributed by atoms with Gasteiger partial charge in [-0.05, 0) is 57.1 Å². The minimum absolute atomic E-state index is 0.0160. The van der Waals surface area contributed by atoms with Crippen molar-refractivity contribution < 1.29 is 14.4 Å². The largest absolute Gasteiger partial charge is 0.342 e. The Bertz CT molecular complexity index is 759. The molecule has 1 spiro atoms. The summed E-state index contributed by atoms with van der Waals surface area (Å²) < 4.78 is 0. The minimum Gasteiger partial charge on any atom is -0.342 e. The van der Waals surface area contributed by atoms with Crippen molar-refractivity contribution in [1.82, 2.24) is 15.1 Å². The Hall–Kier alpha value is -2.41. The summed E-state index contributed by atoms with van der Waals surface area (Å²) in [6, 6.07) is 9.54. The number of nitrogens with two attached hydrogens (primary N) is 1. The molecule has 2 saturated heterocycles. The van der Waals surface area contributed by atoms with Crippen molar-refractivity contribution in [2.45, 2.75) is 69.9 Å². The molecule has 2 heterocycles. The van der Waals surface area contributed by atoms with E-state index >= 15 is 0 Å². The molecule has 3 rings (SSSR count). The molecule has 1 aromatic rings. The van der Waals surface area contributed by atoms with Crippen LogP contribution >= 0.6 is 0 Å². The number of carbonyl (C=O) groups is 3. The van der Waals surface area contributed by atoms with Crippen LogP contribution in [0.2, 0.25) is 0 Å². The van der Waals surface area contributed by atoms with Crippen LogP contribution in [0.15, 0.2) is 30.3 Å². The lowest BCUT2D eigenvalue weighted by Crippen LogP contribution is -2.73. The number of piperidine rings is 1. The Morgan fingerprint density at radius 3 is 2.52 bits per heavy atom. The third kappa shape index (κ3) is 5.26. The highest BCUT2D eigenvalue weighted by molar-refractivity contribution is 6.00. The Labute approximate surface area is 185 Å². The van der Waals surface area contributed by atoms with Gasteiger partial charge in [0.2, 0.25) is 17.7 Å². The number of aryl methyl sites for hydroxylation is 1. The molecule has 31 heavy (non-hydrogen) atoms. The zero-order valence-electron chi connectivity index (χ0n) is 18.6. The lowest BCUT2D eigenvalue weighted by atomic mass is 9.81. The molecule has 1 aromatic carbocycles. The van der Waals surface area contributed by atoms with Crippen molar-refractivity contribution in [3.63, 3.8) is 0 Å². The predicted molar refractivity (Wildman–Crippen MR) is 120 cm³/mol. The quantitative estimate of drug-likeness (QED) is 0.587. The molecule has 0 unspecified atom stereocenters. The number of amides is 3. The van der Waals surface area contributed by atoms with Gasteiger partial charge in [-0.2, -0.15) is 0 Å². The summed E-state index contributed by atoms with van der Waals surface area (Å²) in [5.41, 5.74) is 5.89. The van der Waals surface area contributed by atoms with E-state index in [-0.39, 0.29) is 17.7 Å². The summed E-state index contributed by atoms with van der Waals surface area (Å²) in [7, 11) is 0. The maximum Gasteiger partial charge on any atom is 0.246 e. The van der Waals surface area contributed by atoms with Gasteiger partial charge in [-0.25, -0.2) is 0 Å². The van der Waals surface area contributed by atoms with Gasteiger partial charge < -0.3 is 20.9 Å². The van der Waals surface area contributed by atoms with Gasteiger partial charge >= 0.3 is 0 Å². The zero-order valence-corrected chi connectivity index (χ0v) is 18.6. The molecule has 0 bridgehead atoms. The molecule has 0 saturated carbocycles. The number of unbranched alkanes of at least 4 members (excludes halogenated alkanes) is 1. The molecular formula is C24H36N4O3. The highest BCUT2D eigenvalue weighted by Crippen LogP contribution is 2.34. The van der Waals surface area contributed by atoms with Gasteiger partial charge in [-0.1, -0.05) is 37.3 Å². The Kier molecular flexibility index (Phi) is 8.07. The molecule has 0 radical (unpaired) electrons. The normalized spacial score (nSPS) is 20.8. The average molecular weight is 429 g/mol. The summed E-state index contributed by atoms with van der Waals surface area (Å²) in [5, 5.41) is 2.99. The summed E-state index contributed by atoms with van der Waals surface area (Å²) in [5.74, 6) is 0.0694. The molecule has 3 N–H and O–H groups in total. The lowest BCUT2D eigenvalue weighted by molar-refractivity contribution is -0.162. The lowest BCUT2D eigenvalue weighted by Gasteiger charge is -2.51. The van der Waals surface area contributed by atoms with Crippen molar-refractivity contribution in [3.8, 4) is 0 Å². The second-order valence-electron chi connectivity index (χ2n) is 8.70. The molecule has 2 aliphatic rings. The van der Waals surface area contributed by atoms with Crippen LogP contribution in [-0.4, -0.2) is 65.3 Å². The SMILES string of the molecule is CCCN1C(=O)[C@H](CCCCN)NC(=O)C12CCN(C(=O)CCc1ccccc1)CC2. The zero-order chi connectivity index (χ0) is 22.3. The molecule has 0 aliphatic carbocycles. The highest BCUT2D eigenvalue weighted by atomic mass is 16.2. The summed E-state index contributed by atoms with van der Waals surface area (Å²) >= 11 is 0. The van der Waals surface area contributed by atoms with Crippen LogP contribution in [0.25, 0.3) is 0 Å². The first-order valence-corrected chi connectivity index (χ1v) is 11.7. The topological polar surface area (TPSA) is 95.7 Å². The van der Waals surface area contributed by atoms with Crippen molar-refractivity contribution >= 4 is 17.7 Å². The monoisotopic (exact) mass is 428 g/mol. The molecule has 7 nitrogen and oxygen atoms in total.